The number of H-pyrrole nitrogens is 2. The van der Waals surface area contributed by atoms with Crippen LogP contribution in [0.1, 0.15) is 40.2 Å². The van der Waals surface area contributed by atoms with Crippen LogP contribution in [0.4, 0.5) is 13.2 Å². The van der Waals surface area contributed by atoms with Gasteiger partial charge in [-0.2, -0.15) is 18.3 Å². The molecule has 2 aromatic heterocycles. The smallest absolute Gasteiger partial charge is 0.352 e. The summed E-state index contributed by atoms with van der Waals surface area (Å²) in [6.07, 6.45) is -4.71. The third-order valence-electron chi connectivity index (χ3n) is 4.99. The summed E-state index contributed by atoms with van der Waals surface area (Å²) in [5.41, 5.74) is 0.0296. The third kappa shape index (κ3) is 5.16. The van der Waals surface area contributed by atoms with E-state index in [1.165, 1.54) is 23.7 Å². The van der Waals surface area contributed by atoms with Crippen LogP contribution in [0.15, 0.2) is 33.9 Å². The van der Waals surface area contributed by atoms with E-state index in [-0.39, 0.29) is 36.2 Å². The molecule has 0 radical (unpaired) electrons. The van der Waals surface area contributed by atoms with Crippen molar-refractivity contribution in [3.05, 3.63) is 78.9 Å². The largest absolute Gasteiger partial charge is 0.416 e. The number of halogens is 3. The van der Waals surface area contributed by atoms with E-state index in [9.17, 15) is 27.6 Å². The maximum atomic E-state index is 13.7. The molecule has 3 N–H and O–H groups in total. The van der Waals surface area contributed by atoms with Crippen LogP contribution in [-0.4, -0.2) is 25.7 Å². The first-order valence-corrected chi connectivity index (χ1v) is 9.78. The second-order valence-electron chi connectivity index (χ2n) is 7.47. The molecule has 0 aliphatic heterocycles. The third-order valence-corrected chi connectivity index (χ3v) is 4.99. The topological polar surface area (TPSA) is 113 Å². The minimum Gasteiger partial charge on any atom is -0.352 e. The summed E-state index contributed by atoms with van der Waals surface area (Å²) in [5.74, 6) is -0.522. The molecule has 0 saturated carbocycles. The second kappa shape index (κ2) is 8.85. The van der Waals surface area contributed by atoms with E-state index in [1.54, 1.807) is 19.9 Å². The number of aryl methyl sites for hydroxylation is 3. The lowest BCUT2D eigenvalue weighted by atomic mass is 10.1. The summed E-state index contributed by atoms with van der Waals surface area (Å²) in [7, 11) is 0. The summed E-state index contributed by atoms with van der Waals surface area (Å²) in [6.45, 7) is 4.70. The molecule has 0 aliphatic carbocycles. The summed E-state index contributed by atoms with van der Waals surface area (Å²) >= 11 is 0. The number of nitrogens with one attached hydrogen (secondary N) is 3. The molecular formula is C21H22F3N5O3. The van der Waals surface area contributed by atoms with Gasteiger partial charge in [-0.1, -0.05) is 6.07 Å². The summed E-state index contributed by atoms with van der Waals surface area (Å²) < 4.78 is 42.4. The van der Waals surface area contributed by atoms with Gasteiger partial charge in [-0.15, -0.1) is 0 Å². The molecule has 1 aromatic carbocycles. The molecular weight excluding hydrogens is 427 g/mol. The zero-order chi connectivity index (χ0) is 23.6. The van der Waals surface area contributed by atoms with E-state index >= 15 is 0 Å². The van der Waals surface area contributed by atoms with Crippen molar-refractivity contribution in [3.63, 3.8) is 0 Å². The number of amides is 1. The van der Waals surface area contributed by atoms with Gasteiger partial charge < -0.3 is 10.3 Å². The van der Waals surface area contributed by atoms with E-state index in [4.69, 9.17) is 0 Å². The van der Waals surface area contributed by atoms with Crippen LogP contribution in [0.2, 0.25) is 0 Å². The van der Waals surface area contributed by atoms with E-state index < -0.39 is 28.9 Å². The first-order chi connectivity index (χ1) is 15.0. The fourth-order valence-electron chi connectivity index (χ4n) is 3.45. The Balaban J connectivity index is 1.74. The Morgan fingerprint density at radius 3 is 2.44 bits per heavy atom. The van der Waals surface area contributed by atoms with E-state index in [0.717, 1.165) is 6.07 Å². The Kier molecular flexibility index (Phi) is 6.37. The van der Waals surface area contributed by atoms with Gasteiger partial charge in [0, 0.05) is 29.9 Å². The average molecular weight is 449 g/mol. The monoisotopic (exact) mass is 449 g/mol. The highest BCUT2D eigenvalue weighted by atomic mass is 19.4. The molecule has 0 saturated heterocycles. The quantitative estimate of drug-likeness (QED) is 0.537. The number of benzene rings is 1. The Hall–Kier alpha value is -3.63. The van der Waals surface area contributed by atoms with Crippen molar-refractivity contribution in [1.82, 2.24) is 25.1 Å². The van der Waals surface area contributed by atoms with Gasteiger partial charge in [0.2, 0.25) is 5.91 Å². The molecule has 0 fully saturated rings. The molecule has 0 bridgehead atoms. The van der Waals surface area contributed by atoms with Crippen molar-refractivity contribution in [2.45, 2.75) is 46.3 Å². The van der Waals surface area contributed by atoms with Gasteiger partial charge in [0.1, 0.15) is 0 Å². The van der Waals surface area contributed by atoms with Crippen LogP contribution in [-0.2, 0) is 23.9 Å². The Labute approximate surface area is 180 Å². The minimum atomic E-state index is -4.62. The van der Waals surface area contributed by atoms with Crippen LogP contribution in [0.5, 0.6) is 0 Å². The SMILES string of the molecule is Cc1cc(C)n(-c2ccc(CNC(=O)CCc3c(C)[nH]c(=O)[nH]c3=O)c(C(F)(F)F)c2)n1. The summed E-state index contributed by atoms with van der Waals surface area (Å²) in [4.78, 5) is 39.8. The number of carbonyl (C=O) groups excluding carboxylic acids is 1. The number of alkyl halides is 3. The molecule has 0 spiro atoms. The molecule has 2 heterocycles. The number of rotatable bonds is 6. The van der Waals surface area contributed by atoms with Crippen LogP contribution in [0, 0.1) is 20.8 Å². The maximum Gasteiger partial charge on any atom is 0.416 e. The zero-order valence-corrected chi connectivity index (χ0v) is 17.7. The number of hydrogen-bond acceptors (Lipinski definition) is 4. The average Bonchev–Trinajstić information content (AvgIpc) is 3.02. The molecule has 32 heavy (non-hydrogen) atoms. The van der Waals surface area contributed by atoms with Crippen molar-refractivity contribution in [2.24, 2.45) is 0 Å². The molecule has 3 aromatic rings. The Morgan fingerprint density at radius 1 is 1.12 bits per heavy atom. The Morgan fingerprint density at radius 2 is 1.84 bits per heavy atom. The molecule has 0 unspecified atom stereocenters. The highest BCUT2D eigenvalue weighted by Gasteiger charge is 2.34. The predicted octanol–water partition coefficient (Wildman–Crippen LogP) is 2.44. The van der Waals surface area contributed by atoms with Gasteiger partial charge in [-0.25, -0.2) is 9.48 Å². The van der Waals surface area contributed by atoms with E-state index in [2.05, 4.69) is 20.4 Å². The molecule has 3 rings (SSSR count). The predicted molar refractivity (Wildman–Crippen MR) is 111 cm³/mol. The molecule has 170 valence electrons. The van der Waals surface area contributed by atoms with Crippen molar-refractivity contribution >= 4 is 5.91 Å². The lowest BCUT2D eigenvalue weighted by Gasteiger charge is -2.16. The van der Waals surface area contributed by atoms with Crippen molar-refractivity contribution < 1.29 is 18.0 Å². The normalized spacial score (nSPS) is 11.6. The first kappa shape index (κ1) is 23.0. The van der Waals surface area contributed by atoms with Crippen LogP contribution >= 0.6 is 0 Å². The number of aromatic nitrogens is 4. The number of nitrogens with zero attached hydrogens (tertiary/aromatic N) is 2. The van der Waals surface area contributed by atoms with E-state index in [1.807, 2.05) is 0 Å². The van der Waals surface area contributed by atoms with Crippen LogP contribution in [0.25, 0.3) is 5.69 Å². The fourth-order valence-corrected chi connectivity index (χ4v) is 3.45. The number of carbonyl (C=O) groups is 1. The first-order valence-electron chi connectivity index (χ1n) is 9.78. The number of hydrogen-bond donors (Lipinski definition) is 3. The molecule has 8 nitrogen and oxygen atoms in total. The van der Waals surface area contributed by atoms with Crippen LogP contribution in [0.3, 0.4) is 0 Å². The fraction of sp³-hybridized carbons (Fsp3) is 0.333. The van der Waals surface area contributed by atoms with Gasteiger partial charge in [-0.05, 0) is 51.0 Å². The van der Waals surface area contributed by atoms with Crippen LogP contribution < -0.4 is 16.6 Å². The second-order valence-corrected chi connectivity index (χ2v) is 7.47. The summed E-state index contributed by atoms with van der Waals surface area (Å²) in [6, 6.07) is 5.59. The molecule has 11 heteroatoms. The van der Waals surface area contributed by atoms with Gasteiger partial charge in [0.05, 0.1) is 16.9 Å². The van der Waals surface area contributed by atoms with E-state index in [0.29, 0.717) is 17.1 Å². The van der Waals surface area contributed by atoms with Crippen molar-refractivity contribution in [3.8, 4) is 5.69 Å². The highest BCUT2D eigenvalue weighted by Crippen LogP contribution is 2.33. The van der Waals surface area contributed by atoms with Gasteiger partial charge in [0.15, 0.2) is 0 Å². The maximum absolute atomic E-state index is 13.7. The van der Waals surface area contributed by atoms with Crippen molar-refractivity contribution in [1.29, 1.82) is 0 Å². The van der Waals surface area contributed by atoms with Gasteiger partial charge >= 0.3 is 11.9 Å². The lowest BCUT2D eigenvalue weighted by Crippen LogP contribution is -2.29. The Bertz CT molecular complexity index is 1270. The number of aromatic amines is 2. The highest BCUT2D eigenvalue weighted by molar-refractivity contribution is 5.76. The molecule has 0 aliphatic rings. The lowest BCUT2D eigenvalue weighted by molar-refractivity contribution is -0.138. The van der Waals surface area contributed by atoms with Gasteiger partial charge in [-0.3, -0.25) is 14.6 Å². The molecule has 1 amide bonds. The minimum absolute atomic E-state index is 0.0345. The molecule has 0 atom stereocenters. The van der Waals surface area contributed by atoms with Gasteiger partial charge in [0.25, 0.3) is 5.56 Å². The van der Waals surface area contributed by atoms with Crippen molar-refractivity contribution in [2.75, 3.05) is 0 Å². The zero-order valence-electron chi connectivity index (χ0n) is 17.7. The standard InChI is InChI=1S/C21H22F3N5O3/c1-11-8-12(2)29(28-11)15-5-4-14(17(9-15)21(22,23)24)10-25-18(30)7-6-16-13(3)26-20(32)27-19(16)31/h4-5,8-9H,6-7,10H2,1-3H3,(H,25,30)(H2,26,27,31,32). The summed E-state index contributed by atoms with van der Waals surface area (Å²) in [5, 5.41) is 6.67.